The summed E-state index contributed by atoms with van der Waals surface area (Å²) in [5.41, 5.74) is 6.76. The van der Waals surface area contributed by atoms with Gasteiger partial charge < -0.3 is 15.4 Å². The van der Waals surface area contributed by atoms with Crippen LogP contribution in [0.2, 0.25) is 0 Å². The standard InChI is InChI=1S/C14H20N2O2/c1-4-10-16(5-2)14(17)13-11(15)8-7-9-12(13)18-6-3/h4,7-9H,1,5-6,10,15H2,2-3H3. The molecule has 98 valence electrons. The number of carbonyl (C=O) groups excluding carboxylic acids is 1. The quantitative estimate of drug-likeness (QED) is 0.621. The lowest BCUT2D eigenvalue weighted by Crippen LogP contribution is -2.31. The second-order valence-electron chi connectivity index (χ2n) is 3.79. The number of hydrogen-bond acceptors (Lipinski definition) is 3. The Bertz CT molecular complexity index is 430. The number of amides is 1. The Hall–Kier alpha value is -1.97. The van der Waals surface area contributed by atoms with E-state index in [1.807, 2.05) is 13.8 Å². The van der Waals surface area contributed by atoms with Crippen molar-refractivity contribution in [2.45, 2.75) is 13.8 Å². The first kappa shape index (κ1) is 14.1. The van der Waals surface area contributed by atoms with Crippen LogP contribution in [-0.2, 0) is 0 Å². The van der Waals surface area contributed by atoms with Crippen LogP contribution in [0.5, 0.6) is 5.75 Å². The van der Waals surface area contributed by atoms with Gasteiger partial charge in [0, 0.05) is 18.8 Å². The number of nitrogens with zero attached hydrogens (tertiary/aromatic N) is 1. The van der Waals surface area contributed by atoms with Crippen molar-refractivity contribution >= 4 is 11.6 Å². The molecule has 0 bridgehead atoms. The lowest BCUT2D eigenvalue weighted by atomic mass is 10.1. The van der Waals surface area contributed by atoms with Gasteiger partial charge in [-0.1, -0.05) is 12.1 Å². The summed E-state index contributed by atoms with van der Waals surface area (Å²) in [5.74, 6) is 0.406. The zero-order chi connectivity index (χ0) is 13.5. The first-order chi connectivity index (χ1) is 8.65. The minimum absolute atomic E-state index is 0.126. The first-order valence-corrected chi connectivity index (χ1v) is 6.07. The van der Waals surface area contributed by atoms with E-state index in [4.69, 9.17) is 10.5 Å². The van der Waals surface area contributed by atoms with E-state index in [2.05, 4.69) is 6.58 Å². The van der Waals surface area contributed by atoms with Crippen LogP contribution in [-0.4, -0.2) is 30.5 Å². The molecule has 0 saturated heterocycles. The molecule has 18 heavy (non-hydrogen) atoms. The SMILES string of the molecule is C=CCN(CC)C(=O)c1c(N)cccc1OCC. The monoisotopic (exact) mass is 248 g/mol. The van der Waals surface area contributed by atoms with Gasteiger partial charge in [-0.3, -0.25) is 4.79 Å². The Balaban J connectivity index is 3.13. The maximum atomic E-state index is 12.4. The van der Waals surface area contributed by atoms with Gasteiger partial charge in [0.1, 0.15) is 11.3 Å². The predicted octanol–water partition coefficient (Wildman–Crippen LogP) is 2.32. The third-order valence-electron chi connectivity index (χ3n) is 2.59. The number of carbonyl (C=O) groups is 1. The van der Waals surface area contributed by atoms with Gasteiger partial charge >= 0.3 is 0 Å². The number of hydrogen-bond donors (Lipinski definition) is 1. The van der Waals surface area contributed by atoms with E-state index in [-0.39, 0.29) is 5.91 Å². The molecule has 1 amide bonds. The van der Waals surface area contributed by atoms with Gasteiger partial charge in [0.05, 0.1) is 6.61 Å². The summed E-state index contributed by atoms with van der Waals surface area (Å²) in [6.07, 6.45) is 1.70. The number of likely N-dealkylation sites (N-methyl/N-ethyl adjacent to an activating group) is 1. The maximum absolute atomic E-state index is 12.4. The molecule has 1 rings (SSSR count). The molecule has 0 unspecified atom stereocenters. The van der Waals surface area contributed by atoms with Crippen LogP contribution in [0.4, 0.5) is 5.69 Å². The molecule has 0 spiro atoms. The predicted molar refractivity (Wildman–Crippen MR) is 73.8 cm³/mol. The average Bonchev–Trinajstić information content (AvgIpc) is 2.36. The van der Waals surface area contributed by atoms with Crippen LogP contribution in [0.25, 0.3) is 0 Å². The van der Waals surface area contributed by atoms with Crippen molar-refractivity contribution in [3.63, 3.8) is 0 Å². The summed E-state index contributed by atoms with van der Waals surface area (Å²) in [7, 11) is 0. The topological polar surface area (TPSA) is 55.6 Å². The van der Waals surface area contributed by atoms with Crippen LogP contribution in [0.15, 0.2) is 30.9 Å². The Labute approximate surface area is 108 Å². The number of rotatable bonds is 6. The van der Waals surface area contributed by atoms with Gasteiger partial charge in [0.25, 0.3) is 5.91 Å². The zero-order valence-corrected chi connectivity index (χ0v) is 11.0. The molecule has 0 heterocycles. The van der Waals surface area contributed by atoms with E-state index in [1.54, 1.807) is 29.2 Å². The second-order valence-corrected chi connectivity index (χ2v) is 3.79. The largest absolute Gasteiger partial charge is 0.493 e. The molecule has 0 radical (unpaired) electrons. The summed E-state index contributed by atoms with van der Waals surface area (Å²) < 4.78 is 5.46. The molecule has 0 fully saturated rings. The van der Waals surface area contributed by atoms with Gasteiger partial charge in [-0.2, -0.15) is 0 Å². The summed E-state index contributed by atoms with van der Waals surface area (Å²) in [5, 5.41) is 0. The Morgan fingerprint density at radius 1 is 1.50 bits per heavy atom. The summed E-state index contributed by atoms with van der Waals surface area (Å²) in [4.78, 5) is 14.1. The second kappa shape index (κ2) is 6.69. The van der Waals surface area contributed by atoms with Gasteiger partial charge in [-0.25, -0.2) is 0 Å². The van der Waals surface area contributed by atoms with Crippen molar-refractivity contribution in [3.05, 3.63) is 36.4 Å². The molecular weight excluding hydrogens is 228 g/mol. The Morgan fingerprint density at radius 2 is 2.22 bits per heavy atom. The van der Waals surface area contributed by atoms with Gasteiger partial charge in [0.2, 0.25) is 0 Å². The van der Waals surface area contributed by atoms with Crippen LogP contribution >= 0.6 is 0 Å². The average molecular weight is 248 g/mol. The smallest absolute Gasteiger partial charge is 0.260 e. The number of nitrogen functional groups attached to an aromatic ring is 1. The molecular formula is C14H20N2O2. The highest BCUT2D eigenvalue weighted by Crippen LogP contribution is 2.26. The van der Waals surface area contributed by atoms with Gasteiger partial charge in [-0.15, -0.1) is 6.58 Å². The van der Waals surface area contributed by atoms with Crippen LogP contribution < -0.4 is 10.5 Å². The van der Waals surface area contributed by atoms with Gasteiger partial charge in [-0.05, 0) is 26.0 Å². The first-order valence-electron chi connectivity index (χ1n) is 6.07. The number of benzene rings is 1. The van der Waals surface area contributed by atoms with Gasteiger partial charge in [0.15, 0.2) is 0 Å². The lowest BCUT2D eigenvalue weighted by molar-refractivity contribution is 0.0779. The van der Waals surface area contributed by atoms with E-state index in [0.29, 0.717) is 36.7 Å². The molecule has 0 aliphatic rings. The molecule has 1 aromatic rings. The molecule has 0 atom stereocenters. The van der Waals surface area contributed by atoms with E-state index in [9.17, 15) is 4.79 Å². The lowest BCUT2D eigenvalue weighted by Gasteiger charge is -2.21. The van der Waals surface area contributed by atoms with Crippen LogP contribution in [0.1, 0.15) is 24.2 Å². The third kappa shape index (κ3) is 3.03. The highest BCUT2D eigenvalue weighted by Gasteiger charge is 2.20. The minimum Gasteiger partial charge on any atom is -0.493 e. The van der Waals surface area contributed by atoms with Crippen molar-refractivity contribution in [2.24, 2.45) is 0 Å². The number of ether oxygens (including phenoxy) is 1. The third-order valence-corrected chi connectivity index (χ3v) is 2.59. The Kier molecular flexibility index (Phi) is 5.24. The van der Waals surface area contributed by atoms with E-state index < -0.39 is 0 Å². The van der Waals surface area contributed by atoms with Crippen molar-refractivity contribution in [2.75, 3.05) is 25.4 Å². The molecule has 0 aliphatic heterocycles. The summed E-state index contributed by atoms with van der Waals surface area (Å²) in [6.45, 7) is 9.04. The normalized spacial score (nSPS) is 9.89. The highest BCUT2D eigenvalue weighted by atomic mass is 16.5. The maximum Gasteiger partial charge on any atom is 0.260 e. The Morgan fingerprint density at radius 3 is 2.78 bits per heavy atom. The van der Waals surface area contributed by atoms with Crippen molar-refractivity contribution in [3.8, 4) is 5.75 Å². The molecule has 4 nitrogen and oxygen atoms in total. The summed E-state index contributed by atoms with van der Waals surface area (Å²) in [6, 6.07) is 5.24. The zero-order valence-electron chi connectivity index (χ0n) is 11.0. The number of nitrogens with two attached hydrogens (primary N) is 1. The van der Waals surface area contributed by atoms with E-state index >= 15 is 0 Å². The van der Waals surface area contributed by atoms with E-state index in [0.717, 1.165) is 0 Å². The van der Waals surface area contributed by atoms with Crippen molar-refractivity contribution < 1.29 is 9.53 Å². The van der Waals surface area contributed by atoms with Crippen molar-refractivity contribution in [1.82, 2.24) is 4.90 Å². The fourth-order valence-electron chi connectivity index (χ4n) is 1.72. The molecule has 0 saturated carbocycles. The van der Waals surface area contributed by atoms with Crippen molar-refractivity contribution in [1.29, 1.82) is 0 Å². The van der Waals surface area contributed by atoms with Crippen LogP contribution in [0, 0.1) is 0 Å². The fraction of sp³-hybridized carbons (Fsp3) is 0.357. The summed E-state index contributed by atoms with van der Waals surface area (Å²) >= 11 is 0. The molecule has 4 heteroatoms. The molecule has 0 aromatic heterocycles. The van der Waals surface area contributed by atoms with E-state index in [1.165, 1.54) is 0 Å². The molecule has 0 aliphatic carbocycles. The van der Waals surface area contributed by atoms with Crippen LogP contribution in [0.3, 0.4) is 0 Å². The molecule has 1 aromatic carbocycles. The highest BCUT2D eigenvalue weighted by molar-refractivity contribution is 6.01. The minimum atomic E-state index is -0.126. The molecule has 2 N–H and O–H groups in total. The number of anilines is 1. The fourth-order valence-corrected chi connectivity index (χ4v) is 1.72.